The molecular formula is C17H18N4O2. The average Bonchev–Trinajstić information content (AvgIpc) is 2.60. The average molecular weight is 310 g/mol. The van der Waals surface area contributed by atoms with Gasteiger partial charge in [-0.2, -0.15) is 0 Å². The predicted octanol–water partition coefficient (Wildman–Crippen LogP) is 2.58. The molecule has 1 aromatic carbocycles. The van der Waals surface area contributed by atoms with Crippen LogP contribution in [0.2, 0.25) is 0 Å². The van der Waals surface area contributed by atoms with Crippen LogP contribution in [-0.4, -0.2) is 26.1 Å². The molecule has 6 nitrogen and oxygen atoms in total. The van der Waals surface area contributed by atoms with Crippen molar-refractivity contribution in [1.29, 1.82) is 0 Å². The lowest BCUT2D eigenvalue weighted by atomic mass is 10.1. The zero-order valence-corrected chi connectivity index (χ0v) is 13.1. The molecule has 0 amide bonds. The van der Waals surface area contributed by atoms with Crippen molar-refractivity contribution >= 4 is 11.2 Å². The molecule has 0 aliphatic heterocycles. The van der Waals surface area contributed by atoms with E-state index in [9.17, 15) is 4.79 Å². The van der Waals surface area contributed by atoms with Gasteiger partial charge < -0.3 is 4.74 Å². The lowest BCUT2D eigenvalue weighted by Gasteiger charge is -2.18. The number of para-hydroxylation sites is 1. The molecule has 2 aromatic heterocycles. The molecule has 0 aliphatic carbocycles. The third-order valence-corrected chi connectivity index (χ3v) is 3.67. The molecule has 118 valence electrons. The molecule has 2 heterocycles. The van der Waals surface area contributed by atoms with Crippen molar-refractivity contribution in [3.05, 3.63) is 58.9 Å². The molecule has 23 heavy (non-hydrogen) atoms. The Morgan fingerprint density at radius 3 is 2.78 bits per heavy atom. The molecule has 0 unspecified atom stereocenters. The minimum atomic E-state index is -0.213. The monoisotopic (exact) mass is 310 g/mol. The van der Waals surface area contributed by atoms with Crippen LogP contribution in [0.15, 0.2) is 47.8 Å². The van der Waals surface area contributed by atoms with Crippen LogP contribution in [0.5, 0.6) is 5.75 Å². The number of fused-ring (bicyclic) bond motifs is 1. The minimum absolute atomic E-state index is 0.208. The Labute approximate surface area is 133 Å². The fraction of sp³-hybridized carbons (Fsp3) is 0.294. The highest BCUT2D eigenvalue weighted by atomic mass is 16.5. The van der Waals surface area contributed by atoms with Crippen LogP contribution in [0.4, 0.5) is 0 Å². The minimum Gasteiger partial charge on any atom is -0.493 e. The summed E-state index contributed by atoms with van der Waals surface area (Å²) in [7, 11) is 0. The zero-order chi connectivity index (χ0) is 16.2. The standard InChI is InChI=1S/C17H18N4O2/c1-3-10-23-14-7-5-4-6-13(14)12(2)21-11-20-16-15(17(21)22)18-8-9-19-16/h4-9,11-12H,3,10H2,1-2H3/t12-/m0/s1. The Morgan fingerprint density at radius 2 is 1.96 bits per heavy atom. The fourth-order valence-electron chi connectivity index (χ4n) is 2.46. The molecule has 0 aliphatic rings. The van der Waals surface area contributed by atoms with Gasteiger partial charge in [0.05, 0.1) is 12.6 Å². The summed E-state index contributed by atoms with van der Waals surface area (Å²) in [4.78, 5) is 25.0. The van der Waals surface area contributed by atoms with Crippen molar-refractivity contribution in [2.45, 2.75) is 26.3 Å². The van der Waals surface area contributed by atoms with Gasteiger partial charge in [-0.05, 0) is 19.4 Å². The first-order chi connectivity index (χ1) is 11.2. The third kappa shape index (κ3) is 2.92. The van der Waals surface area contributed by atoms with E-state index in [1.54, 1.807) is 4.57 Å². The lowest BCUT2D eigenvalue weighted by Crippen LogP contribution is -2.25. The Bertz CT molecular complexity index is 876. The number of rotatable bonds is 5. The molecule has 0 saturated carbocycles. The largest absolute Gasteiger partial charge is 0.493 e. The number of hydrogen-bond donors (Lipinski definition) is 0. The summed E-state index contributed by atoms with van der Waals surface area (Å²) >= 11 is 0. The van der Waals surface area contributed by atoms with Crippen LogP contribution in [0.1, 0.15) is 31.9 Å². The molecule has 0 radical (unpaired) electrons. The molecule has 0 fully saturated rings. The second-order valence-corrected chi connectivity index (χ2v) is 5.25. The summed E-state index contributed by atoms with van der Waals surface area (Å²) < 4.78 is 7.35. The van der Waals surface area contributed by atoms with E-state index in [4.69, 9.17) is 4.74 Å². The fourth-order valence-corrected chi connectivity index (χ4v) is 2.46. The van der Waals surface area contributed by atoms with E-state index < -0.39 is 0 Å². The first-order valence-electron chi connectivity index (χ1n) is 7.62. The molecule has 3 aromatic rings. The number of hydrogen-bond acceptors (Lipinski definition) is 5. The van der Waals surface area contributed by atoms with Crippen LogP contribution in [-0.2, 0) is 0 Å². The summed E-state index contributed by atoms with van der Waals surface area (Å²) in [5.74, 6) is 0.785. The van der Waals surface area contributed by atoms with E-state index in [1.807, 2.05) is 31.2 Å². The van der Waals surface area contributed by atoms with E-state index in [-0.39, 0.29) is 17.1 Å². The molecular weight excluding hydrogens is 292 g/mol. The van der Waals surface area contributed by atoms with E-state index in [2.05, 4.69) is 21.9 Å². The molecule has 0 N–H and O–H groups in total. The predicted molar refractivity (Wildman–Crippen MR) is 87.6 cm³/mol. The highest BCUT2D eigenvalue weighted by molar-refractivity contribution is 5.67. The summed E-state index contributed by atoms with van der Waals surface area (Å²) in [5, 5.41) is 0. The second kappa shape index (κ2) is 6.56. The Balaban J connectivity index is 2.06. The summed E-state index contributed by atoms with van der Waals surface area (Å²) in [5.41, 5.74) is 1.36. The topological polar surface area (TPSA) is 69.9 Å². The third-order valence-electron chi connectivity index (χ3n) is 3.67. The van der Waals surface area contributed by atoms with Gasteiger partial charge in [0.2, 0.25) is 0 Å². The van der Waals surface area contributed by atoms with Crippen LogP contribution in [0.25, 0.3) is 11.2 Å². The van der Waals surface area contributed by atoms with Gasteiger partial charge in [0, 0.05) is 18.0 Å². The van der Waals surface area contributed by atoms with Crippen LogP contribution in [0.3, 0.4) is 0 Å². The van der Waals surface area contributed by atoms with E-state index in [0.29, 0.717) is 12.3 Å². The van der Waals surface area contributed by atoms with Gasteiger partial charge in [-0.1, -0.05) is 25.1 Å². The molecule has 0 spiro atoms. The summed E-state index contributed by atoms with van der Waals surface area (Å²) in [6.45, 7) is 4.64. The zero-order valence-electron chi connectivity index (χ0n) is 13.1. The highest BCUT2D eigenvalue weighted by Crippen LogP contribution is 2.27. The van der Waals surface area contributed by atoms with Gasteiger partial charge in [0.25, 0.3) is 5.56 Å². The van der Waals surface area contributed by atoms with Gasteiger partial charge in [-0.15, -0.1) is 0 Å². The Morgan fingerprint density at radius 1 is 1.17 bits per heavy atom. The van der Waals surface area contributed by atoms with Crippen molar-refractivity contribution in [3.63, 3.8) is 0 Å². The van der Waals surface area contributed by atoms with Crippen molar-refractivity contribution < 1.29 is 4.74 Å². The molecule has 3 rings (SSSR count). The van der Waals surface area contributed by atoms with Crippen molar-refractivity contribution in [1.82, 2.24) is 19.5 Å². The van der Waals surface area contributed by atoms with Crippen LogP contribution in [0, 0.1) is 0 Å². The summed E-state index contributed by atoms with van der Waals surface area (Å²) in [6.07, 6.45) is 5.46. The second-order valence-electron chi connectivity index (χ2n) is 5.25. The first kappa shape index (κ1) is 15.1. The van der Waals surface area contributed by atoms with E-state index in [0.717, 1.165) is 17.7 Å². The molecule has 0 saturated heterocycles. The summed E-state index contributed by atoms with van der Waals surface area (Å²) in [6, 6.07) is 7.52. The van der Waals surface area contributed by atoms with Crippen molar-refractivity contribution in [2.75, 3.05) is 6.61 Å². The number of nitrogens with zero attached hydrogens (tertiary/aromatic N) is 4. The van der Waals surface area contributed by atoms with E-state index >= 15 is 0 Å². The first-order valence-corrected chi connectivity index (χ1v) is 7.62. The maximum atomic E-state index is 12.6. The van der Waals surface area contributed by atoms with Gasteiger partial charge in [-0.3, -0.25) is 9.36 Å². The lowest BCUT2D eigenvalue weighted by molar-refractivity contribution is 0.311. The quantitative estimate of drug-likeness (QED) is 0.724. The highest BCUT2D eigenvalue weighted by Gasteiger charge is 2.16. The maximum Gasteiger partial charge on any atom is 0.282 e. The maximum absolute atomic E-state index is 12.6. The molecule has 0 bridgehead atoms. The smallest absolute Gasteiger partial charge is 0.282 e. The van der Waals surface area contributed by atoms with Crippen molar-refractivity contribution in [3.8, 4) is 5.75 Å². The molecule has 1 atom stereocenters. The number of benzene rings is 1. The van der Waals surface area contributed by atoms with Crippen LogP contribution >= 0.6 is 0 Å². The van der Waals surface area contributed by atoms with Gasteiger partial charge in [-0.25, -0.2) is 15.0 Å². The number of ether oxygens (including phenoxy) is 1. The molecule has 6 heteroatoms. The number of aromatic nitrogens is 4. The van der Waals surface area contributed by atoms with Crippen LogP contribution < -0.4 is 10.3 Å². The Hall–Kier alpha value is -2.76. The van der Waals surface area contributed by atoms with E-state index in [1.165, 1.54) is 18.7 Å². The van der Waals surface area contributed by atoms with Gasteiger partial charge in [0.1, 0.15) is 12.1 Å². The van der Waals surface area contributed by atoms with Gasteiger partial charge in [0.15, 0.2) is 11.2 Å². The SMILES string of the molecule is CCCOc1ccccc1[C@H](C)n1cnc2nccnc2c1=O. The Kier molecular flexibility index (Phi) is 4.32. The normalized spacial score (nSPS) is 12.3. The van der Waals surface area contributed by atoms with Crippen molar-refractivity contribution in [2.24, 2.45) is 0 Å². The van der Waals surface area contributed by atoms with Gasteiger partial charge >= 0.3 is 0 Å².